The highest BCUT2D eigenvalue weighted by molar-refractivity contribution is 9.09. The predicted octanol–water partition coefficient (Wildman–Crippen LogP) is 2.99. The third kappa shape index (κ3) is 1.98. The van der Waals surface area contributed by atoms with Gasteiger partial charge < -0.3 is 4.74 Å². The van der Waals surface area contributed by atoms with Gasteiger partial charge in [0.05, 0.1) is 0 Å². The van der Waals surface area contributed by atoms with Crippen LogP contribution in [-0.4, -0.2) is 28.5 Å². The zero-order valence-electron chi connectivity index (χ0n) is 8.10. The van der Waals surface area contributed by atoms with Crippen molar-refractivity contribution in [1.29, 1.82) is 0 Å². The highest BCUT2D eigenvalue weighted by atomic mass is 79.9. The summed E-state index contributed by atoms with van der Waals surface area (Å²) in [5.74, 6) is -15.7. The van der Waals surface area contributed by atoms with Gasteiger partial charge in [-0.05, 0) is 6.08 Å². The van der Waals surface area contributed by atoms with E-state index in [9.17, 15) is 26.7 Å². The Labute approximate surface area is 101 Å². The molecule has 2 unspecified atom stereocenters. The van der Waals surface area contributed by atoms with E-state index in [1.54, 1.807) is 0 Å². The predicted molar refractivity (Wildman–Crippen MR) is 51.9 cm³/mol. The minimum Gasteiger partial charge on any atom is -0.415 e. The highest BCUT2D eigenvalue weighted by Gasteiger charge is 2.75. The first-order chi connectivity index (χ1) is 7.58. The molecule has 0 amide bonds. The fraction of sp³-hybridized carbons (Fsp3) is 0.444. The van der Waals surface area contributed by atoms with Gasteiger partial charge in [0.2, 0.25) is 0 Å². The van der Waals surface area contributed by atoms with E-state index < -0.39 is 28.5 Å². The van der Waals surface area contributed by atoms with Crippen LogP contribution in [0.4, 0.5) is 22.0 Å². The average molecular weight is 321 g/mol. The second-order valence-corrected chi connectivity index (χ2v) is 4.21. The summed E-state index contributed by atoms with van der Waals surface area (Å²) >= 11 is 2.28. The molecule has 96 valence electrons. The van der Waals surface area contributed by atoms with Gasteiger partial charge in [-0.25, -0.2) is 4.79 Å². The molecule has 0 bridgehead atoms. The molecular weight excluding hydrogens is 315 g/mol. The van der Waals surface area contributed by atoms with Crippen LogP contribution < -0.4 is 0 Å². The van der Waals surface area contributed by atoms with Crippen LogP contribution in [0.25, 0.3) is 0 Å². The third-order valence-corrected chi connectivity index (χ3v) is 2.97. The topological polar surface area (TPSA) is 26.3 Å². The van der Waals surface area contributed by atoms with Gasteiger partial charge in [0.25, 0.3) is 0 Å². The molecule has 0 saturated carbocycles. The first-order valence-corrected chi connectivity index (χ1v) is 5.13. The Morgan fingerprint density at radius 1 is 1.35 bits per heavy atom. The Morgan fingerprint density at radius 3 is 2.35 bits per heavy atom. The van der Waals surface area contributed by atoms with Crippen LogP contribution in [0.3, 0.4) is 0 Å². The first kappa shape index (κ1) is 14.1. The number of alkyl halides is 6. The molecule has 1 aliphatic rings. The SMILES string of the molecule is C=CC(=O)OC1(F)C=CC(Br)C(F)(F)C1(F)F. The van der Waals surface area contributed by atoms with Crippen molar-refractivity contribution < 1.29 is 31.5 Å². The molecule has 0 saturated heterocycles. The maximum atomic E-state index is 13.6. The lowest BCUT2D eigenvalue weighted by Crippen LogP contribution is -2.62. The largest absolute Gasteiger partial charge is 0.415 e. The van der Waals surface area contributed by atoms with E-state index in [4.69, 9.17) is 0 Å². The number of allylic oxidation sites excluding steroid dienone is 1. The smallest absolute Gasteiger partial charge is 0.383 e. The van der Waals surface area contributed by atoms with E-state index in [0.717, 1.165) is 0 Å². The van der Waals surface area contributed by atoms with Crippen molar-refractivity contribution >= 4 is 21.9 Å². The molecule has 0 heterocycles. The summed E-state index contributed by atoms with van der Waals surface area (Å²) in [5, 5.41) is 0. The number of hydrogen-bond donors (Lipinski definition) is 0. The number of halogens is 6. The number of esters is 1. The van der Waals surface area contributed by atoms with Crippen molar-refractivity contribution in [2.45, 2.75) is 22.5 Å². The van der Waals surface area contributed by atoms with Crippen molar-refractivity contribution in [3.05, 3.63) is 24.8 Å². The lowest BCUT2D eigenvalue weighted by molar-refractivity contribution is -0.319. The van der Waals surface area contributed by atoms with E-state index in [-0.39, 0.29) is 6.08 Å². The molecule has 8 heteroatoms. The van der Waals surface area contributed by atoms with Gasteiger partial charge in [-0.1, -0.05) is 28.6 Å². The molecule has 0 N–H and O–H groups in total. The number of carbonyl (C=O) groups excluding carboxylic acids is 1. The Morgan fingerprint density at radius 2 is 1.88 bits per heavy atom. The van der Waals surface area contributed by atoms with Crippen molar-refractivity contribution in [2.24, 2.45) is 0 Å². The molecule has 17 heavy (non-hydrogen) atoms. The Kier molecular flexibility index (Phi) is 3.39. The van der Waals surface area contributed by atoms with Crippen LogP contribution >= 0.6 is 15.9 Å². The molecule has 0 spiro atoms. The molecule has 0 aromatic heterocycles. The van der Waals surface area contributed by atoms with Crippen LogP contribution in [0, 0.1) is 0 Å². The van der Waals surface area contributed by atoms with Gasteiger partial charge in [-0.3, -0.25) is 0 Å². The van der Waals surface area contributed by atoms with Crippen LogP contribution in [0.5, 0.6) is 0 Å². The summed E-state index contributed by atoms with van der Waals surface area (Å²) in [5.41, 5.74) is 0. The number of carbonyl (C=O) groups is 1. The maximum Gasteiger partial charge on any atom is 0.383 e. The lowest BCUT2D eigenvalue weighted by Gasteiger charge is -2.39. The molecule has 1 rings (SSSR count). The molecule has 0 radical (unpaired) electrons. The Bertz CT molecular complexity index is 382. The van der Waals surface area contributed by atoms with Crippen molar-refractivity contribution in [1.82, 2.24) is 0 Å². The normalized spacial score (nSPS) is 34.1. The van der Waals surface area contributed by atoms with Gasteiger partial charge in [0.1, 0.15) is 4.83 Å². The fourth-order valence-corrected chi connectivity index (χ4v) is 1.56. The summed E-state index contributed by atoms with van der Waals surface area (Å²) in [7, 11) is 0. The molecule has 2 nitrogen and oxygen atoms in total. The zero-order valence-corrected chi connectivity index (χ0v) is 9.69. The maximum absolute atomic E-state index is 13.6. The zero-order chi connectivity index (χ0) is 13.5. The van der Waals surface area contributed by atoms with Gasteiger partial charge in [-0.15, -0.1) is 0 Å². The minimum absolute atomic E-state index is 0.0746. The molecular formula is C9H6BrF5O2. The monoisotopic (exact) mass is 320 g/mol. The van der Waals surface area contributed by atoms with E-state index in [1.807, 2.05) is 0 Å². The summed E-state index contributed by atoms with van der Waals surface area (Å²) in [4.78, 5) is 8.60. The minimum atomic E-state index is -5.19. The van der Waals surface area contributed by atoms with Gasteiger partial charge in [0, 0.05) is 6.08 Å². The summed E-state index contributed by atoms with van der Waals surface area (Å²) < 4.78 is 70.1. The average Bonchev–Trinajstić information content (AvgIpc) is 2.23. The van der Waals surface area contributed by atoms with Crippen LogP contribution in [0.2, 0.25) is 0 Å². The lowest BCUT2D eigenvalue weighted by atomic mass is 9.94. The molecule has 1 aliphatic carbocycles. The fourth-order valence-electron chi connectivity index (χ4n) is 1.12. The molecule has 0 aliphatic heterocycles. The van der Waals surface area contributed by atoms with E-state index in [2.05, 4.69) is 27.2 Å². The van der Waals surface area contributed by atoms with Gasteiger partial charge in [-0.2, -0.15) is 22.0 Å². The van der Waals surface area contributed by atoms with Crippen molar-refractivity contribution in [3.8, 4) is 0 Å². The second-order valence-electron chi connectivity index (χ2n) is 3.23. The molecule has 0 aromatic rings. The van der Waals surface area contributed by atoms with Gasteiger partial charge >= 0.3 is 23.7 Å². The quantitative estimate of drug-likeness (QED) is 0.257. The van der Waals surface area contributed by atoms with Crippen LogP contribution in [0.15, 0.2) is 24.8 Å². The van der Waals surface area contributed by atoms with E-state index >= 15 is 0 Å². The number of rotatable bonds is 2. The molecule has 0 aromatic carbocycles. The first-order valence-electron chi connectivity index (χ1n) is 4.22. The Balaban J connectivity index is 3.21. The van der Waals surface area contributed by atoms with E-state index in [1.165, 1.54) is 0 Å². The summed E-state index contributed by atoms with van der Waals surface area (Å²) in [6.45, 7) is 2.85. The van der Waals surface area contributed by atoms with Crippen molar-refractivity contribution in [3.63, 3.8) is 0 Å². The third-order valence-electron chi connectivity index (χ3n) is 2.09. The second kappa shape index (κ2) is 4.08. The standard InChI is InChI=1S/C9H6BrF5O2/c1-2-6(16)17-7(11)4-3-5(10)8(12,13)9(7,14)15/h2-5H,1H2. The Hall–Kier alpha value is -0.920. The van der Waals surface area contributed by atoms with Crippen molar-refractivity contribution in [2.75, 3.05) is 0 Å². The summed E-state index contributed by atoms with van der Waals surface area (Å²) in [6.07, 6.45) is 0.919. The van der Waals surface area contributed by atoms with Crippen LogP contribution in [-0.2, 0) is 9.53 Å². The summed E-state index contributed by atoms with van der Waals surface area (Å²) in [6, 6.07) is 0. The molecule has 2 atom stereocenters. The van der Waals surface area contributed by atoms with Gasteiger partial charge in [0.15, 0.2) is 0 Å². The van der Waals surface area contributed by atoms with Crippen LogP contribution in [0.1, 0.15) is 0 Å². The number of hydrogen-bond acceptors (Lipinski definition) is 2. The van der Waals surface area contributed by atoms with E-state index in [0.29, 0.717) is 12.2 Å². The number of ether oxygens (including phenoxy) is 1. The highest BCUT2D eigenvalue weighted by Crippen LogP contribution is 2.52. The molecule has 0 fully saturated rings.